The summed E-state index contributed by atoms with van der Waals surface area (Å²) in [6.45, 7) is 6.06. The van der Waals surface area contributed by atoms with Gasteiger partial charge in [0.2, 0.25) is 5.91 Å². The maximum Gasteiger partial charge on any atom is 0.238 e. The number of allylic oxidation sites excluding steroid dienone is 1. The third kappa shape index (κ3) is 4.76. The molecular weight excluding hydrogens is 390 g/mol. The standard InChI is InChI=1S/C24H27N5O2/c1-15-10-16(2)23(17(3)11-15)27-22(31)14-28(4)13-21(30)18(12-25)24-26-19-8-6-7-9-20(19)29(24)5/h6-11,30H,13-14H2,1-5H3,(H,27,31)/b21-18-. The molecule has 160 valence electrons. The van der Waals surface area contributed by atoms with Gasteiger partial charge in [0.25, 0.3) is 0 Å². The summed E-state index contributed by atoms with van der Waals surface area (Å²) in [5.41, 5.74) is 5.67. The first kappa shape index (κ1) is 22.1. The molecule has 0 saturated heterocycles. The fourth-order valence-electron chi connectivity index (χ4n) is 3.80. The smallest absolute Gasteiger partial charge is 0.238 e. The van der Waals surface area contributed by atoms with E-state index in [9.17, 15) is 15.2 Å². The van der Waals surface area contributed by atoms with Gasteiger partial charge in [0.1, 0.15) is 17.4 Å². The Kier molecular flexibility index (Phi) is 6.42. The summed E-state index contributed by atoms with van der Waals surface area (Å²) in [5.74, 6) is 0.0791. The average molecular weight is 418 g/mol. The minimum absolute atomic E-state index is 0.0470. The van der Waals surface area contributed by atoms with Gasteiger partial charge >= 0.3 is 0 Å². The van der Waals surface area contributed by atoms with Crippen LogP contribution in [0.3, 0.4) is 0 Å². The molecule has 7 nitrogen and oxygen atoms in total. The van der Waals surface area contributed by atoms with Gasteiger partial charge in [-0.25, -0.2) is 4.98 Å². The molecule has 0 fully saturated rings. The molecule has 1 heterocycles. The van der Waals surface area contributed by atoms with Gasteiger partial charge in [0, 0.05) is 12.7 Å². The number of aliphatic hydroxyl groups excluding tert-OH is 1. The van der Waals surface area contributed by atoms with Crippen molar-refractivity contribution >= 4 is 28.2 Å². The Balaban J connectivity index is 1.74. The molecule has 0 spiro atoms. The lowest BCUT2D eigenvalue weighted by Gasteiger charge is -2.18. The van der Waals surface area contributed by atoms with Crippen molar-refractivity contribution < 1.29 is 9.90 Å². The summed E-state index contributed by atoms with van der Waals surface area (Å²) in [4.78, 5) is 18.7. The second kappa shape index (κ2) is 9.02. The highest BCUT2D eigenvalue weighted by atomic mass is 16.3. The highest BCUT2D eigenvalue weighted by Crippen LogP contribution is 2.23. The Labute approximate surface area is 182 Å². The molecular formula is C24H27N5O2. The Morgan fingerprint density at radius 3 is 2.45 bits per heavy atom. The van der Waals surface area contributed by atoms with Gasteiger partial charge in [-0.2, -0.15) is 5.26 Å². The van der Waals surface area contributed by atoms with Crippen LogP contribution in [0.15, 0.2) is 42.2 Å². The lowest BCUT2D eigenvalue weighted by molar-refractivity contribution is -0.117. The molecule has 7 heteroatoms. The van der Waals surface area contributed by atoms with Crippen molar-refractivity contribution in [1.29, 1.82) is 5.26 Å². The normalized spacial score (nSPS) is 12.0. The van der Waals surface area contributed by atoms with Crippen LogP contribution in [0, 0.1) is 32.1 Å². The zero-order valence-corrected chi connectivity index (χ0v) is 18.5. The van der Waals surface area contributed by atoms with Crippen molar-refractivity contribution in [3.63, 3.8) is 0 Å². The van der Waals surface area contributed by atoms with Crippen LogP contribution in [0.5, 0.6) is 0 Å². The number of aliphatic hydroxyl groups is 1. The quantitative estimate of drug-likeness (QED) is 0.469. The van der Waals surface area contributed by atoms with Crippen LogP contribution in [-0.4, -0.2) is 45.6 Å². The summed E-state index contributed by atoms with van der Waals surface area (Å²) < 4.78 is 1.78. The molecule has 1 amide bonds. The minimum atomic E-state index is -0.188. The highest BCUT2D eigenvalue weighted by Gasteiger charge is 2.18. The zero-order valence-electron chi connectivity index (χ0n) is 18.5. The number of nitrogens with one attached hydrogen (secondary N) is 1. The number of fused-ring (bicyclic) bond motifs is 1. The van der Waals surface area contributed by atoms with Crippen molar-refractivity contribution in [3.05, 3.63) is 64.7 Å². The molecule has 0 radical (unpaired) electrons. The molecule has 0 bridgehead atoms. The predicted octanol–water partition coefficient (Wildman–Crippen LogP) is 3.86. The zero-order chi connectivity index (χ0) is 22.7. The van der Waals surface area contributed by atoms with Gasteiger partial charge in [-0.1, -0.05) is 29.8 Å². The first-order valence-corrected chi connectivity index (χ1v) is 10.0. The molecule has 3 aromatic rings. The number of aromatic nitrogens is 2. The number of imidazole rings is 1. The number of nitriles is 1. The van der Waals surface area contributed by atoms with Crippen LogP contribution in [0.4, 0.5) is 5.69 Å². The number of carbonyl (C=O) groups excluding carboxylic acids is 1. The number of amides is 1. The molecule has 31 heavy (non-hydrogen) atoms. The molecule has 2 aromatic carbocycles. The van der Waals surface area contributed by atoms with E-state index in [1.165, 1.54) is 0 Å². The van der Waals surface area contributed by atoms with Crippen molar-refractivity contribution in [2.45, 2.75) is 20.8 Å². The van der Waals surface area contributed by atoms with E-state index in [1.807, 2.05) is 57.2 Å². The van der Waals surface area contributed by atoms with Gasteiger partial charge in [-0.05, 0) is 51.1 Å². The SMILES string of the molecule is Cc1cc(C)c(NC(=O)CN(C)C/C(O)=C(\C#N)c2nc3ccccc3n2C)c(C)c1. The molecule has 0 aliphatic heterocycles. The molecule has 1 aromatic heterocycles. The maximum absolute atomic E-state index is 12.5. The summed E-state index contributed by atoms with van der Waals surface area (Å²) in [7, 11) is 3.52. The number of aryl methyl sites for hydroxylation is 4. The van der Waals surface area contributed by atoms with E-state index in [4.69, 9.17) is 0 Å². The number of likely N-dealkylation sites (N-methyl/N-ethyl adjacent to an activating group) is 1. The van der Waals surface area contributed by atoms with E-state index in [2.05, 4.69) is 16.4 Å². The highest BCUT2D eigenvalue weighted by molar-refractivity contribution is 5.94. The molecule has 3 rings (SSSR count). The summed E-state index contributed by atoms with van der Waals surface area (Å²) >= 11 is 0. The number of rotatable bonds is 6. The molecule has 2 N–H and O–H groups in total. The van der Waals surface area contributed by atoms with Crippen LogP contribution in [0.2, 0.25) is 0 Å². The first-order valence-electron chi connectivity index (χ1n) is 10.0. The Bertz CT molecular complexity index is 1190. The van der Waals surface area contributed by atoms with Crippen LogP contribution in [0.25, 0.3) is 16.6 Å². The van der Waals surface area contributed by atoms with Crippen LogP contribution in [0.1, 0.15) is 22.5 Å². The summed E-state index contributed by atoms with van der Waals surface area (Å²) in [6, 6.07) is 13.6. The van der Waals surface area contributed by atoms with Crippen molar-refractivity contribution in [1.82, 2.24) is 14.5 Å². The van der Waals surface area contributed by atoms with Crippen molar-refractivity contribution in [2.24, 2.45) is 7.05 Å². The van der Waals surface area contributed by atoms with Crippen LogP contribution < -0.4 is 5.32 Å². The summed E-state index contributed by atoms with van der Waals surface area (Å²) in [5, 5.41) is 23.2. The van der Waals surface area contributed by atoms with E-state index in [0.717, 1.165) is 33.4 Å². The van der Waals surface area contributed by atoms with E-state index >= 15 is 0 Å². The molecule has 0 unspecified atom stereocenters. The van der Waals surface area contributed by atoms with Gasteiger partial charge in [0.05, 0.1) is 24.1 Å². The van der Waals surface area contributed by atoms with Gasteiger partial charge in [0.15, 0.2) is 5.82 Å². The predicted molar refractivity (Wildman–Crippen MR) is 123 cm³/mol. The lowest BCUT2D eigenvalue weighted by Crippen LogP contribution is -2.32. The van der Waals surface area contributed by atoms with Crippen molar-refractivity contribution in [2.75, 3.05) is 25.5 Å². The fourth-order valence-corrected chi connectivity index (χ4v) is 3.80. The second-order valence-electron chi connectivity index (χ2n) is 7.91. The Morgan fingerprint density at radius 1 is 1.19 bits per heavy atom. The number of para-hydroxylation sites is 2. The van der Waals surface area contributed by atoms with Crippen LogP contribution in [-0.2, 0) is 11.8 Å². The first-order chi connectivity index (χ1) is 14.7. The van der Waals surface area contributed by atoms with E-state index in [-0.39, 0.29) is 30.3 Å². The number of benzene rings is 2. The second-order valence-corrected chi connectivity index (χ2v) is 7.91. The number of hydrogen-bond acceptors (Lipinski definition) is 5. The number of carbonyl (C=O) groups is 1. The topological polar surface area (TPSA) is 94.2 Å². The van der Waals surface area contributed by atoms with Crippen LogP contribution >= 0.6 is 0 Å². The third-order valence-electron chi connectivity index (χ3n) is 5.19. The minimum Gasteiger partial charge on any atom is -0.509 e. The van der Waals surface area contributed by atoms with E-state index < -0.39 is 0 Å². The number of hydrogen-bond donors (Lipinski definition) is 2. The fraction of sp³-hybridized carbons (Fsp3) is 0.292. The van der Waals surface area contributed by atoms with Gasteiger partial charge in [-0.15, -0.1) is 0 Å². The van der Waals surface area contributed by atoms with E-state index in [1.54, 1.807) is 23.6 Å². The number of anilines is 1. The molecule has 0 aliphatic carbocycles. The third-order valence-corrected chi connectivity index (χ3v) is 5.19. The van der Waals surface area contributed by atoms with Gasteiger partial charge < -0.3 is 15.0 Å². The van der Waals surface area contributed by atoms with E-state index in [0.29, 0.717) is 5.82 Å². The Hall–Kier alpha value is -3.63. The maximum atomic E-state index is 12.5. The summed E-state index contributed by atoms with van der Waals surface area (Å²) in [6.07, 6.45) is 0. The Morgan fingerprint density at radius 2 is 1.84 bits per heavy atom. The molecule has 0 saturated carbocycles. The van der Waals surface area contributed by atoms with Crippen molar-refractivity contribution in [3.8, 4) is 6.07 Å². The molecule has 0 atom stereocenters. The average Bonchev–Trinajstić information content (AvgIpc) is 3.02. The lowest BCUT2D eigenvalue weighted by atomic mass is 10.1. The molecule has 0 aliphatic rings. The largest absolute Gasteiger partial charge is 0.509 e. The number of nitrogens with zero attached hydrogens (tertiary/aromatic N) is 4. The monoisotopic (exact) mass is 417 g/mol. The van der Waals surface area contributed by atoms with Gasteiger partial charge in [-0.3, -0.25) is 9.69 Å².